The number of aryl methyl sites for hydroxylation is 1. The maximum Gasteiger partial charge on any atom is 0.326 e. The molecule has 0 aliphatic heterocycles. The summed E-state index contributed by atoms with van der Waals surface area (Å²) in [4.78, 5) is 36.5. The fraction of sp³-hybridized carbons (Fsp3) is 0.348. The van der Waals surface area contributed by atoms with Crippen molar-refractivity contribution >= 4 is 17.7 Å². The zero-order valence-electron chi connectivity index (χ0n) is 17.0. The second-order valence-electron chi connectivity index (χ2n) is 7.87. The molecule has 0 spiro atoms. The smallest absolute Gasteiger partial charge is 0.326 e. The van der Waals surface area contributed by atoms with E-state index in [1.165, 1.54) is 6.92 Å². The highest BCUT2D eigenvalue weighted by Gasteiger charge is 2.21. The minimum atomic E-state index is -0.927. The Balaban J connectivity index is 1.88. The minimum Gasteiger partial charge on any atom is -0.453 e. The van der Waals surface area contributed by atoms with Gasteiger partial charge in [-0.2, -0.15) is 0 Å². The standard InChI is InChI=1S/C23H27NO4/c1-15-6-8-18(9-7-15)22(27)24-14-20(25)28-16(2)21(26)17-10-12-19(13-11-17)23(3,4)5/h6-13,16H,14H2,1-5H3,(H,24,27)/t16-/m0/s1. The maximum absolute atomic E-state index is 12.5. The summed E-state index contributed by atoms with van der Waals surface area (Å²) in [6.45, 7) is 9.44. The number of carbonyl (C=O) groups excluding carboxylic acids is 3. The number of benzene rings is 2. The van der Waals surface area contributed by atoms with Crippen LogP contribution in [-0.2, 0) is 14.9 Å². The predicted molar refractivity (Wildman–Crippen MR) is 109 cm³/mol. The van der Waals surface area contributed by atoms with E-state index in [0.717, 1.165) is 11.1 Å². The number of rotatable bonds is 6. The van der Waals surface area contributed by atoms with Crippen LogP contribution >= 0.6 is 0 Å². The third-order valence-electron chi connectivity index (χ3n) is 4.42. The lowest BCUT2D eigenvalue weighted by Gasteiger charge is -2.19. The van der Waals surface area contributed by atoms with Crippen LogP contribution < -0.4 is 5.32 Å². The van der Waals surface area contributed by atoms with Gasteiger partial charge < -0.3 is 10.1 Å². The van der Waals surface area contributed by atoms with Crippen molar-refractivity contribution in [3.8, 4) is 0 Å². The Hall–Kier alpha value is -2.95. The van der Waals surface area contributed by atoms with Gasteiger partial charge in [0, 0.05) is 11.1 Å². The molecule has 0 aliphatic carbocycles. The van der Waals surface area contributed by atoms with E-state index in [1.54, 1.807) is 24.3 Å². The zero-order chi connectivity index (χ0) is 20.9. The molecule has 5 heteroatoms. The molecule has 1 atom stereocenters. The van der Waals surface area contributed by atoms with E-state index in [4.69, 9.17) is 4.74 Å². The average Bonchev–Trinajstić information content (AvgIpc) is 2.65. The van der Waals surface area contributed by atoms with Crippen LogP contribution in [0.5, 0.6) is 0 Å². The van der Waals surface area contributed by atoms with Crippen molar-refractivity contribution in [1.29, 1.82) is 0 Å². The number of ether oxygens (including phenoxy) is 1. The molecule has 2 aromatic rings. The summed E-state index contributed by atoms with van der Waals surface area (Å²) < 4.78 is 5.17. The van der Waals surface area contributed by atoms with Crippen molar-refractivity contribution in [3.63, 3.8) is 0 Å². The Kier molecular flexibility index (Phi) is 6.73. The molecule has 2 rings (SSSR count). The van der Waals surface area contributed by atoms with Crippen LogP contribution in [0.25, 0.3) is 0 Å². The van der Waals surface area contributed by atoms with Gasteiger partial charge in [0.15, 0.2) is 6.10 Å². The van der Waals surface area contributed by atoms with Crippen molar-refractivity contribution in [1.82, 2.24) is 5.32 Å². The van der Waals surface area contributed by atoms with Crippen LogP contribution in [-0.4, -0.2) is 30.3 Å². The number of carbonyl (C=O) groups is 3. The summed E-state index contributed by atoms with van der Waals surface area (Å²) in [6.07, 6.45) is -0.927. The predicted octanol–water partition coefficient (Wildman–Crippen LogP) is 3.84. The van der Waals surface area contributed by atoms with Crippen LogP contribution in [0.1, 0.15) is 59.5 Å². The van der Waals surface area contributed by atoms with E-state index in [2.05, 4.69) is 26.1 Å². The highest BCUT2D eigenvalue weighted by molar-refractivity contribution is 6.00. The van der Waals surface area contributed by atoms with Crippen LogP contribution in [0.2, 0.25) is 0 Å². The van der Waals surface area contributed by atoms with E-state index in [0.29, 0.717) is 11.1 Å². The van der Waals surface area contributed by atoms with Gasteiger partial charge in [0.2, 0.25) is 5.78 Å². The second kappa shape index (κ2) is 8.83. The summed E-state index contributed by atoms with van der Waals surface area (Å²) in [5.41, 5.74) is 3.10. The van der Waals surface area contributed by atoms with Crippen LogP contribution in [0.4, 0.5) is 0 Å². The monoisotopic (exact) mass is 381 g/mol. The largest absolute Gasteiger partial charge is 0.453 e. The summed E-state index contributed by atoms with van der Waals surface area (Å²) in [6, 6.07) is 14.3. The maximum atomic E-state index is 12.5. The van der Waals surface area contributed by atoms with Gasteiger partial charge in [-0.15, -0.1) is 0 Å². The normalized spacial score (nSPS) is 12.2. The first-order chi connectivity index (χ1) is 13.1. The molecule has 1 amide bonds. The quantitative estimate of drug-likeness (QED) is 0.610. The Morgan fingerprint density at radius 3 is 2.00 bits per heavy atom. The molecular formula is C23H27NO4. The van der Waals surface area contributed by atoms with E-state index < -0.39 is 12.1 Å². The van der Waals surface area contributed by atoms with Gasteiger partial charge in [-0.05, 0) is 37.0 Å². The third kappa shape index (κ3) is 5.78. The number of hydrogen-bond acceptors (Lipinski definition) is 4. The Bertz CT molecular complexity index is 846. The van der Waals surface area contributed by atoms with Gasteiger partial charge >= 0.3 is 5.97 Å². The fourth-order valence-electron chi connectivity index (χ4n) is 2.62. The molecule has 0 heterocycles. The first kappa shape index (κ1) is 21.4. The fourth-order valence-corrected chi connectivity index (χ4v) is 2.62. The van der Waals surface area contributed by atoms with Gasteiger partial charge in [-0.25, -0.2) is 0 Å². The number of hydrogen-bond donors (Lipinski definition) is 1. The van der Waals surface area contributed by atoms with E-state index in [1.807, 2.05) is 31.2 Å². The van der Waals surface area contributed by atoms with E-state index in [9.17, 15) is 14.4 Å². The van der Waals surface area contributed by atoms with Crippen LogP contribution in [0.3, 0.4) is 0 Å². The number of Topliss-reactive ketones (excluding diaryl/α,β-unsaturated/α-hetero) is 1. The number of amides is 1. The van der Waals surface area contributed by atoms with Crippen molar-refractivity contribution in [2.75, 3.05) is 6.54 Å². The Morgan fingerprint density at radius 2 is 1.46 bits per heavy atom. The van der Waals surface area contributed by atoms with Gasteiger partial charge in [0.1, 0.15) is 6.54 Å². The number of esters is 1. The Labute approximate surface area is 166 Å². The van der Waals surface area contributed by atoms with Gasteiger partial charge in [-0.3, -0.25) is 14.4 Å². The molecule has 2 aromatic carbocycles. The summed E-state index contributed by atoms with van der Waals surface area (Å²) >= 11 is 0. The molecule has 0 radical (unpaired) electrons. The second-order valence-corrected chi connectivity index (χ2v) is 7.87. The molecule has 148 valence electrons. The van der Waals surface area contributed by atoms with E-state index in [-0.39, 0.29) is 23.7 Å². The molecule has 0 saturated heterocycles. The molecule has 0 aliphatic rings. The lowest BCUT2D eigenvalue weighted by Crippen LogP contribution is -2.34. The number of ketones is 1. The first-order valence-electron chi connectivity index (χ1n) is 9.27. The highest BCUT2D eigenvalue weighted by Crippen LogP contribution is 2.22. The zero-order valence-corrected chi connectivity index (χ0v) is 17.0. The third-order valence-corrected chi connectivity index (χ3v) is 4.42. The molecule has 28 heavy (non-hydrogen) atoms. The molecule has 0 aromatic heterocycles. The van der Waals surface area contributed by atoms with Gasteiger partial charge in [-0.1, -0.05) is 62.7 Å². The van der Waals surface area contributed by atoms with Crippen molar-refractivity contribution in [3.05, 3.63) is 70.8 Å². The molecule has 1 N–H and O–H groups in total. The summed E-state index contributed by atoms with van der Waals surface area (Å²) in [7, 11) is 0. The van der Waals surface area contributed by atoms with Crippen molar-refractivity contribution in [2.24, 2.45) is 0 Å². The first-order valence-corrected chi connectivity index (χ1v) is 9.27. The highest BCUT2D eigenvalue weighted by atomic mass is 16.5. The average molecular weight is 381 g/mol. The molecule has 5 nitrogen and oxygen atoms in total. The molecule has 0 bridgehead atoms. The molecular weight excluding hydrogens is 354 g/mol. The van der Waals surface area contributed by atoms with Gasteiger partial charge in [0.05, 0.1) is 0 Å². The van der Waals surface area contributed by atoms with Crippen LogP contribution in [0, 0.1) is 6.92 Å². The number of nitrogens with one attached hydrogen (secondary N) is 1. The van der Waals surface area contributed by atoms with Crippen molar-refractivity contribution in [2.45, 2.75) is 46.1 Å². The molecule has 0 fully saturated rings. The Morgan fingerprint density at radius 1 is 0.929 bits per heavy atom. The van der Waals surface area contributed by atoms with Gasteiger partial charge in [0.25, 0.3) is 5.91 Å². The van der Waals surface area contributed by atoms with Crippen LogP contribution in [0.15, 0.2) is 48.5 Å². The minimum absolute atomic E-state index is 0.00465. The summed E-state index contributed by atoms with van der Waals surface area (Å²) in [5, 5.41) is 2.50. The summed E-state index contributed by atoms with van der Waals surface area (Å²) in [5.74, 6) is -1.31. The van der Waals surface area contributed by atoms with E-state index >= 15 is 0 Å². The van der Waals surface area contributed by atoms with Crippen molar-refractivity contribution < 1.29 is 19.1 Å². The topological polar surface area (TPSA) is 72.5 Å². The lowest BCUT2D eigenvalue weighted by molar-refractivity contribution is -0.145. The molecule has 0 saturated carbocycles. The SMILES string of the molecule is Cc1ccc(C(=O)NCC(=O)O[C@@H](C)C(=O)c2ccc(C(C)(C)C)cc2)cc1. The molecule has 0 unspecified atom stereocenters. The lowest BCUT2D eigenvalue weighted by atomic mass is 9.86.